The Hall–Kier alpha value is 0.647. The van der Waals surface area contributed by atoms with E-state index in [-0.39, 0.29) is 0 Å². The molecular formula is C12H20BrClOSSi. The van der Waals surface area contributed by atoms with Crippen LogP contribution in [-0.4, -0.2) is 22.0 Å². The first kappa shape index (κ1) is 15.7. The lowest BCUT2D eigenvalue weighted by molar-refractivity contribution is 0.116. The second-order valence-corrected chi connectivity index (χ2v) is 12.2. The van der Waals surface area contributed by atoms with E-state index in [0.717, 1.165) is 27.8 Å². The molecule has 0 radical (unpaired) electrons. The maximum Gasteiger partial charge on any atom is 0.0943 e. The first-order valence-corrected chi connectivity index (χ1v) is 10.7. The molecule has 0 bridgehead atoms. The lowest BCUT2D eigenvalue weighted by Crippen LogP contribution is -2.26. The predicted octanol–water partition coefficient (Wildman–Crippen LogP) is 4.99. The van der Waals surface area contributed by atoms with Gasteiger partial charge in [0.25, 0.3) is 0 Å². The first-order chi connectivity index (χ1) is 7.83. The van der Waals surface area contributed by atoms with Gasteiger partial charge >= 0.3 is 0 Å². The van der Waals surface area contributed by atoms with E-state index in [0.29, 0.717) is 5.04 Å². The van der Waals surface area contributed by atoms with Crippen LogP contribution in [0.1, 0.15) is 19.4 Å². The molecule has 1 aromatic heterocycles. The summed E-state index contributed by atoms with van der Waals surface area (Å²) in [5.74, 6) is 0. The van der Waals surface area contributed by atoms with E-state index in [9.17, 15) is 0 Å². The summed E-state index contributed by atoms with van der Waals surface area (Å²) in [5.41, 5.74) is 1.25. The average molecular weight is 356 g/mol. The minimum absolute atomic E-state index is 0.378. The number of hydrogen-bond donors (Lipinski definition) is 0. The second-order valence-electron chi connectivity index (χ2n) is 5.30. The van der Waals surface area contributed by atoms with Crippen molar-refractivity contribution in [2.75, 3.05) is 13.2 Å². The van der Waals surface area contributed by atoms with Crippen molar-refractivity contribution in [1.29, 1.82) is 0 Å². The van der Waals surface area contributed by atoms with Crippen LogP contribution in [0, 0.1) is 0 Å². The van der Waals surface area contributed by atoms with E-state index >= 15 is 0 Å². The van der Waals surface area contributed by atoms with Gasteiger partial charge in [0.05, 0.1) is 14.7 Å². The van der Waals surface area contributed by atoms with Crippen LogP contribution in [-0.2, 0) is 11.2 Å². The summed E-state index contributed by atoms with van der Waals surface area (Å²) in [4.78, 5) is 0. The highest BCUT2D eigenvalue weighted by molar-refractivity contribution is 9.11. The number of ether oxygens (including phenoxy) is 1. The SMILES string of the molecule is C[SiH](C)C(C)(C)COCCc1cc(Cl)sc1Br. The van der Waals surface area contributed by atoms with Crippen molar-refractivity contribution in [3.05, 3.63) is 19.8 Å². The zero-order valence-electron chi connectivity index (χ0n) is 10.8. The Labute approximate surface area is 123 Å². The number of halogens is 2. The molecule has 5 heteroatoms. The standard InChI is InChI=1S/C12H20BrClOSSi/c1-12(2,17(3)4)8-15-6-5-9-7-10(14)16-11(9)13/h7,17H,5-6,8H2,1-4H3. The Morgan fingerprint density at radius 1 is 1.47 bits per heavy atom. The van der Waals surface area contributed by atoms with Gasteiger partial charge in [-0.2, -0.15) is 0 Å². The van der Waals surface area contributed by atoms with Crippen LogP contribution in [0.15, 0.2) is 9.85 Å². The highest BCUT2D eigenvalue weighted by Gasteiger charge is 2.23. The van der Waals surface area contributed by atoms with Crippen LogP contribution in [0.2, 0.25) is 22.5 Å². The Bertz CT molecular complexity index is 365. The van der Waals surface area contributed by atoms with Crippen molar-refractivity contribution in [3.63, 3.8) is 0 Å². The molecule has 0 spiro atoms. The van der Waals surface area contributed by atoms with Crippen LogP contribution in [0.4, 0.5) is 0 Å². The van der Waals surface area contributed by atoms with Crippen molar-refractivity contribution >= 4 is 47.7 Å². The normalized spacial score (nSPS) is 12.4. The van der Waals surface area contributed by atoms with Crippen molar-refractivity contribution in [2.45, 2.75) is 38.4 Å². The maximum absolute atomic E-state index is 5.95. The van der Waals surface area contributed by atoms with Gasteiger partial charge in [0.1, 0.15) is 0 Å². The zero-order valence-corrected chi connectivity index (χ0v) is 15.2. The lowest BCUT2D eigenvalue weighted by atomic mass is 10.2. The van der Waals surface area contributed by atoms with E-state index in [1.165, 1.54) is 5.56 Å². The molecule has 0 aliphatic carbocycles. The number of rotatable bonds is 6. The fraction of sp³-hybridized carbons (Fsp3) is 0.667. The van der Waals surface area contributed by atoms with Gasteiger partial charge in [-0.15, -0.1) is 11.3 Å². The molecule has 98 valence electrons. The fourth-order valence-electron chi connectivity index (χ4n) is 1.23. The van der Waals surface area contributed by atoms with Crippen molar-refractivity contribution in [2.24, 2.45) is 0 Å². The molecule has 0 atom stereocenters. The summed E-state index contributed by atoms with van der Waals surface area (Å²) >= 11 is 11.0. The monoisotopic (exact) mass is 354 g/mol. The van der Waals surface area contributed by atoms with E-state index in [1.807, 2.05) is 6.07 Å². The van der Waals surface area contributed by atoms with Crippen molar-refractivity contribution in [3.8, 4) is 0 Å². The van der Waals surface area contributed by atoms with Crippen molar-refractivity contribution < 1.29 is 4.74 Å². The molecule has 0 N–H and O–H groups in total. The third kappa shape index (κ3) is 5.03. The molecule has 0 aliphatic rings. The molecule has 1 rings (SSSR count). The lowest BCUT2D eigenvalue weighted by Gasteiger charge is -2.27. The van der Waals surface area contributed by atoms with Gasteiger partial charge in [-0.1, -0.05) is 38.5 Å². The molecule has 0 saturated heterocycles. The van der Waals surface area contributed by atoms with Crippen LogP contribution in [0.3, 0.4) is 0 Å². The topological polar surface area (TPSA) is 9.23 Å². The summed E-state index contributed by atoms with van der Waals surface area (Å²) in [7, 11) is -0.655. The van der Waals surface area contributed by atoms with Crippen molar-refractivity contribution in [1.82, 2.24) is 0 Å². The van der Waals surface area contributed by atoms with E-state index < -0.39 is 8.80 Å². The molecule has 0 unspecified atom stereocenters. The molecule has 1 heterocycles. The minimum atomic E-state index is -0.655. The quantitative estimate of drug-likeness (QED) is 0.516. The molecule has 17 heavy (non-hydrogen) atoms. The first-order valence-electron chi connectivity index (χ1n) is 5.84. The largest absolute Gasteiger partial charge is 0.381 e. The Balaban J connectivity index is 2.32. The van der Waals surface area contributed by atoms with Crippen LogP contribution in [0.25, 0.3) is 0 Å². The summed E-state index contributed by atoms with van der Waals surface area (Å²) in [6.45, 7) is 11.0. The Kier molecular flexibility index (Phi) is 6.20. The van der Waals surface area contributed by atoms with Gasteiger partial charge in [-0.3, -0.25) is 0 Å². The molecule has 1 aromatic rings. The number of thiophene rings is 1. The van der Waals surface area contributed by atoms with Gasteiger partial charge < -0.3 is 4.74 Å². The molecule has 0 fully saturated rings. The molecular weight excluding hydrogens is 336 g/mol. The summed E-state index contributed by atoms with van der Waals surface area (Å²) in [6.07, 6.45) is 0.930. The van der Waals surface area contributed by atoms with Crippen LogP contribution >= 0.6 is 38.9 Å². The Morgan fingerprint density at radius 2 is 2.12 bits per heavy atom. The molecule has 0 aliphatic heterocycles. The smallest absolute Gasteiger partial charge is 0.0943 e. The van der Waals surface area contributed by atoms with Gasteiger partial charge in [0.2, 0.25) is 0 Å². The van der Waals surface area contributed by atoms with Gasteiger partial charge in [0.15, 0.2) is 0 Å². The maximum atomic E-state index is 5.95. The molecule has 1 nitrogen and oxygen atoms in total. The molecule has 0 aromatic carbocycles. The predicted molar refractivity (Wildman–Crippen MR) is 84.5 cm³/mol. The zero-order chi connectivity index (χ0) is 13.1. The van der Waals surface area contributed by atoms with Crippen LogP contribution < -0.4 is 0 Å². The van der Waals surface area contributed by atoms with Gasteiger partial charge in [-0.05, 0) is 39.0 Å². The molecule has 0 saturated carbocycles. The third-order valence-corrected chi connectivity index (χ3v) is 8.66. The number of hydrogen-bond acceptors (Lipinski definition) is 2. The Morgan fingerprint density at radius 3 is 2.59 bits per heavy atom. The molecule has 0 amide bonds. The van der Waals surface area contributed by atoms with Gasteiger partial charge in [-0.25, -0.2) is 0 Å². The van der Waals surface area contributed by atoms with Gasteiger partial charge in [0, 0.05) is 15.4 Å². The van der Waals surface area contributed by atoms with E-state index in [4.69, 9.17) is 16.3 Å². The van der Waals surface area contributed by atoms with E-state index in [1.54, 1.807) is 11.3 Å². The highest BCUT2D eigenvalue weighted by Crippen LogP contribution is 2.32. The highest BCUT2D eigenvalue weighted by atomic mass is 79.9. The minimum Gasteiger partial charge on any atom is -0.381 e. The van der Waals surface area contributed by atoms with E-state index in [2.05, 4.69) is 42.9 Å². The summed E-state index contributed by atoms with van der Waals surface area (Å²) < 4.78 is 7.77. The summed E-state index contributed by atoms with van der Waals surface area (Å²) in [6, 6.07) is 2.02. The third-order valence-electron chi connectivity index (χ3n) is 3.28. The fourth-order valence-corrected chi connectivity index (χ4v) is 3.82. The summed E-state index contributed by atoms with van der Waals surface area (Å²) in [5, 5.41) is 0.378. The van der Waals surface area contributed by atoms with Crippen LogP contribution in [0.5, 0.6) is 0 Å². The average Bonchev–Trinajstić information content (AvgIpc) is 2.52. The second kappa shape index (κ2) is 6.71.